The second-order valence-corrected chi connectivity index (χ2v) is 5.11. The van der Waals surface area contributed by atoms with Crippen LogP contribution in [0, 0.1) is 18.8 Å². The summed E-state index contributed by atoms with van der Waals surface area (Å²) in [5, 5.41) is 2.99. The van der Waals surface area contributed by atoms with Crippen molar-refractivity contribution in [3.8, 4) is 0 Å². The van der Waals surface area contributed by atoms with E-state index in [0.717, 1.165) is 5.56 Å². The molecule has 1 unspecified atom stereocenters. The van der Waals surface area contributed by atoms with Crippen molar-refractivity contribution in [2.45, 2.75) is 26.8 Å². The molecule has 4 nitrogen and oxygen atoms in total. The molecule has 96 valence electrons. The van der Waals surface area contributed by atoms with E-state index >= 15 is 0 Å². The molecule has 2 rings (SSSR count). The van der Waals surface area contributed by atoms with Gasteiger partial charge < -0.3 is 11.1 Å². The van der Waals surface area contributed by atoms with Crippen molar-refractivity contribution in [2.24, 2.45) is 17.6 Å². The van der Waals surface area contributed by atoms with E-state index in [9.17, 15) is 9.59 Å². The molecule has 2 amide bonds. The van der Waals surface area contributed by atoms with Crippen molar-refractivity contribution in [3.05, 3.63) is 34.9 Å². The quantitative estimate of drug-likeness (QED) is 0.847. The fourth-order valence-corrected chi connectivity index (χ4v) is 2.17. The Balaban J connectivity index is 2.19. The number of benzene rings is 1. The van der Waals surface area contributed by atoms with Gasteiger partial charge in [0.1, 0.15) is 0 Å². The van der Waals surface area contributed by atoms with E-state index in [1.807, 2.05) is 6.92 Å². The molecule has 18 heavy (non-hydrogen) atoms. The van der Waals surface area contributed by atoms with E-state index in [2.05, 4.69) is 19.2 Å². The summed E-state index contributed by atoms with van der Waals surface area (Å²) in [4.78, 5) is 23.2. The highest BCUT2D eigenvalue weighted by Gasteiger charge is 2.43. The first kappa shape index (κ1) is 12.6. The first-order valence-electron chi connectivity index (χ1n) is 6.13. The van der Waals surface area contributed by atoms with E-state index in [4.69, 9.17) is 5.73 Å². The minimum atomic E-state index is -0.516. The average Bonchev–Trinajstić information content (AvgIpc) is 2.87. The molecule has 0 saturated heterocycles. The zero-order valence-electron chi connectivity index (χ0n) is 10.9. The SMILES string of the molecule is Cc1ccc(C(N)=O)cc1C(=O)NC1[C@@H](C)[C@H]1C. The van der Waals surface area contributed by atoms with Gasteiger partial charge in [-0.1, -0.05) is 19.9 Å². The molecule has 1 aromatic carbocycles. The maximum Gasteiger partial charge on any atom is 0.251 e. The van der Waals surface area contributed by atoms with Crippen molar-refractivity contribution in [1.82, 2.24) is 5.32 Å². The molecular formula is C14H18N2O2. The van der Waals surface area contributed by atoms with Crippen LogP contribution in [0.4, 0.5) is 0 Å². The fraction of sp³-hybridized carbons (Fsp3) is 0.429. The molecule has 4 heteroatoms. The number of nitrogens with one attached hydrogen (secondary N) is 1. The van der Waals surface area contributed by atoms with Gasteiger partial charge in [-0.15, -0.1) is 0 Å². The lowest BCUT2D eigenvalue weighted by molar-refractivity contribution is 0.0947. The van der Waals surface area contributed by atoms with Crippen LogP contribution in [0.1, 0.15) is 40.1 Å². The monoisotopic (exact) mass is 246 g/mol. The maximum atomic E-state index is 12.1. The zero-order chi connectivity index (χ0) is 13.4. The number of carbonyl (C=O) groups excluding carboxylic acids is 2. The minimum absolute atomic E-state index is 0.128. The highest BCUT2D eigenvalue weighted by Crippen LogP contribution is 2.37. The van der Waals surface area contributed by atoms with Crippen LogP contribution in [-0.4, -0.2) is 17.9 Å². The van der Waals surface area contributed by atoms with Crippen LogP contribution in [0.25, 0.3) is 0 Å². The normalized spacial score (nSPS) is 25.6. The first-order valence-corrected chi connectivity index (χ1v) is 6.13. The molecule has 3 atom stereocenters. The Morgan fingerprint density at radius 3 is 2.33 bits per heavy atom. The first-order chi connectivity index (χ1) is 8.41. The molecule has 0 bridgehead atoms. The number of primary amides is 1. The second-order valence-electron chi connectivity index (χ2n) is 5.11. The third kappa shape index (κ3) is 2.23. The van der Waals surface area contributed by atoms with Gasteiger partial charge in [-0.2, -0.15) is 0 Å². The van der Waals surface area contributed by atoms with E-state index in [1.165, 1.54) is 0 Å². The van der Waals surface area contributed by atoms with Crippen LogP contribution in [0.2, 0.25) is 0 Å². The van der Waals surface area contributed by atoms with Crippen LogP contribution in [0.15, 0.2) is 18.2 Å². The fourth-order valence-electron chi connectivity index (χ4n) is 2.17. The van der Waals surface area contributed by atoms with Crippen molar-refractivity contribution in [2.75, 3.05) is 0 Å². The molecule has 0 heterocycles. The number of aryl methyl sites for hydroxylation is 1. The number of nitrogens with two attached hydrogens (primary N) is 1. The molecular weight excluding hydrogens is 228 g/mol. The molecule has 1 fully saturated rings. The molecule has 0 aromatic heterocycles. The highest BCUT2D eigenvalue weighted by molar-refractivity contribution is 6.00. The highest BCUT2D eigenvalue weighted by atomic mass is 16.2. The number of hydrogen-bond donors (Lipinski definition) is 2. The summed E-state index contributed by atoms with van der Waals surface area (Å²) in [6.45, 7) is 6.07. The lowest BCUT2D eigenvalue weighted by atomic mass is 10.0. The van der Waals surface area contributed by atoms with Crippen LogP contribution >= 0.6 is 0 Å². The Bertz CT molecular complexity index is 503. The van der Waals surface area contributed by atoms with E-state index in [-0.39, 0.29) is 11.9 Å². The van der Waals surface area contributed by atoms with Gasteiger partial charge >= 0.3 is 0 Å². The summed E-state index contributed by atoms with van der Waals surface area (Å²) in [6.07, 6.45) is 0. The van der Waals surface area contributed by atoms with Crippen molar-refractivity contribution < 1.29 is 9.59 Å². The van der Waals surface area contributed by atoms with Crippen molar-refractivity contribution in [3.63, 3.8) is 0 Å². The topological polar surface area (TPSA) is 72.2 Å². The number of hydrogen-bond acceptors (Lipinski definition) is 2. The summed E-state index contributed by atoms with van der Waals surface area (Å²) in [7, 11) is 0. The lowest BCUT2D eigenvalue weighted by Gasteiger charge is -2.08. The van der Waals surface area contributed by atoms with Crippen LogP contribution in [0.5, 0.6) is 0 Å². The van der Waals surface area contributed by atoms with Crippen LogP contribution in [-0.2, 0) is 0 Å². The second kappa shape index (κ2) is 4.44. The van der Waals surface area contributed by atoms with Gasteiger partial charge in [-0.25, -0.2) is 0 Å². The number of amides is 2. The van der Waals surface area contributed by atoms with Gasteiger partial charge in [-0.3, -0.25) is 9.59 Å². The van der Waals surface area contributed by atoms with Gasteiger partial charge in [0.25, 0.3) is 5.91 Å². The molecule has 1 saturated carbocycles. The average molecular weight is 246 g/mol. The zero-order valence-corrected chi connectivity index (χ0v) is 10.9. The molecule has 0 radical (unpaired) electrons. The van der Waals surface area contributed by atoms with E-state index in [0.29, 0.717) is 23.0 Å². The summed E-state index contributed by atoms with van der Waals surface area (Å²) >= 11 is 0. The lowest BCUT2D eigenvalue weighted by Crippen LogP contribution is -2.28. The van der Waals surface area contributed by atoms with Gasteiger partial charge in [0.2, 0.25) is 5.91 Å². The van der Waals surface area contributed by atoms with Gasteiger partial charge in [0, 0.05) is 17.2 Å². The van der Waals surface area contributed by atoms with Crippen LogP contribution < -0.4 is 11.1 Å². The predicted octanol–water partition coefficient (Wildman–Crippen LogP) is 1.48. The molecule has 3 N–H and O–H groups in total. The Morgan fingerprint density at radius 1 is 1.22 bits per heavy atom. The molecule has 1 aromatic rings. The van der Waals surface area contributed by atoms with Crippen LogP contribution in [0.3, 0.4) is 0 Å². The van der Waals surface area contributed by atoms with Gasteiger partial charge in [-0.05, 0) is 36.5 Å². The van der Waals surface area contributed by atoms with Crippen molar-refractivity contribution in [1.29, 1.82) is 0 Å². The smallest absolute Gasteiger partial charge is 0.251 e. The number of rotatable bonds is 3. The summed E-state index contributed by atoms with van der Waals surface area (Å²) in [5.74, 6) is 0.399. The number of carbonyl (C=O) groups is 2. The Hall–Kier alpha value is -1.84. The summed E-state index contributed by atoms with van der Waals surface area (Å²) in [6, 6.07) is 5.19. The largest absolute Gasteiger partial charge is 0.366 e. The van der Waals surface area contributed by atoms with Gasteiger partial charge in [0.05, 0.1) is 0 Å². The Morgan fingerprint density at radius 2 is 1.83 bits per heavy atom. The Kier molecular flexibility index (Phi) is 3.11. The Labute approximate surface area is 107 Å². The molecule has 1 aliphatic carbocycles. The summed E-state index contributed by atoms with van der Waals surface area (Å²) in [5.41, 5.74) is 6.95. The van der Waals surface area contributed by atoms with E-state index < -0.39 is 5.91 Å². The molecule has 1 aliphatic rings. The van der Waals surface area contributed by atoms with E-state index in [1.54, 1.807) is 18.2 Å². The van der Waals surface area contributed by atoms with Gasteiger partial charge in [0.15, 0.2) is 0 Å². The van der Waals surface area contributed by atoms with Crippen molar-refractivity contribution >= 4 is 11.8 Å². The molecule has 0 spiro atoms. The third-order valence-corrected chi connectivity index (χ3v) is 3.89. The predicted molar refractivity (Wildman–Crippen MR) is 69.3 cm³/mol. The standard InChI is InChI=1S/C14H18N2O2/c1-7-4-5-10(13(15)17)6-11(7)14(18)16-12-8(2)9(12)3/h4-6,8-9,12H,1-3H3,(H2,15,17)(H,16,18)/t8-,9+,12?. The molecule has 0 aliphatic heterocycles. The maximum absolute atomic E-state index is 12.1. The summed E-state index contributed by atoms with van der Waals surface area (Å²) < 4.78 is 0. The third-order valence-electron chi connectivity index (χ3n) is 3.89. The minimum Gasteiger partial charge on any atom is -0.366 e.